The zero-order chi connectivity index (χ0) is 23.6. The van der Waals surface area contributed by atoms with Gasteiger partial charge in [0.25, 0.3) is 0 Å². The van der Waals surface area contributed by atoms with Crippen LogP contribution in [0.15, 0.2) is 47.4 Å². The smallest absolute Gasteiger partial charge is 0.243 e. The lowest BCUT2D eigenvalue weighted by molar-refractivity contribution is -0.122. The minimum absolute atomic E-state index is 0.0950. The molecule has 0 spiro atoms. The summed E-state index contributed by atoms with van der Waals surface area (Å²) < 4.78 is 38.9. The van der Waals surface area contributed by atoms with Crippen LogP contribution >= 0.6 is 0 Å². The Bertz CT molecular complexity index is 1120. The van der Waals surface area contributed by atoms with Crippen molar-refractivity contribution < 1.29 is 22.7 Å². The van der Waals surface area contributed by atoms with Crippen molar-refractivity contribution in [1.29, 1.82) is 0 Å². The number of nitrogens with one attached hydrogen (secondary N) is 1. The number of sulfonamides is 1. The third-order valence-electron chi connectivity index (χ3n) is 6.29. The normalized spacial score (nSPS) is 20.0. The molecule has 33 heavy (non-hydrogen) atoms. The van der Waals surface area contributed by atoms with Crippen LogP contribution in [-0.4, -0.2) is 44.4 Å². The highest BCUT2D eigenvalue weighted by atomic mass is 32.2. The third kappa shape index (κ3) is 5.17. The molecule has 0 aromatic heterocycles. The van der Waals surface area contributed by atoms with E-state index in [1.807, 2.05) is 38.1 Å². The molecule has 0 unspecified atom stereocenters. The van der Waals surface area contributed by atoms with Crippen LogP contribution in [0, 0.1) is 0 Å². The number of nitrogens with zero attached hydrogens (tertiary/aromatic N) is 1. The second kappa shape index (κ2) is 9.35. The summed E-state index contributed by atoms with van der Waals surface area (Å²) in [5, 5.41) is 3.14. The van der Waals surface area contributed by atoms with Crippen molar-refractivity contribution in [2.75, 3.05) is 20.2 Å². The van der Waals surface area contributed by atoms with Gasteiger partial charge in [0.2, 0.25) is 15.9 Å². The number of rotatable bonds is 7. The van der Waals surface area contributed by atoms with E-state index in [-0.39, 0.29) is 28.9 Å². The monoisotopic (exact) mass is 472 g/mol. The molecule has 1 amide bonds. The highest BCUT2D eigenvalue weighted by molar-refractivity contribution is 7.89. The van der Waals surface area contributed by atoms with E-state index in [2.05, 4.69) is 5.32 Å². The van der Waals surface area contributed by atoms with E-state index in [1.54, 1.807) is 25.3 Å². The third-order valence-corrected chi connectivity index (χ3v) is 8.18. The zero-order valence-corrected chi connectivity index (χ0v) is 20.3. The maximum atomic E-state index is 13.0. The summed E-state index contributed by atoms with van der Waals surface area (Å²) in [5.41, 5.74) is 1.30. The number of fused-ring (bicyclic) bond motifs is 1. The fourth-order valence-electron chi connectivity index (χ4n) is 4.63. The predicted octanol–water partition coefficient (Wildman–Crippen LogP) is 3.83. The van der Waals surface area contributed by atoms with Crippen LogP contribution in [0.5, 0.6) is 11.5 Å². The first-order chi connectivity index (χ1) is 15.7. The Hall–Kier alpha value is -2.58. The van der Waals surface area contributed by atoms with Gasteiger partial charge in [-0.15, -0.1) is 0 Å². The molecule has 8 heteroatoms. The first-order valence-corrected chi connectivity index (χ1v) is 12.9. The molecule has 0 saturated carbocycles. The van der Waals surface area contributed by atoms with Crippen LogP contribution in [0.3, 0.4) is 0 Å². The Morgan fingerprint density at radius 3 is 2.64 bits per heavy atom. The maximum Gasteiger partial charge on any atom is 0.243 e. The van der Waals surface area contributed by atoms with E-state index < -0.39 is 10.0 Å². The molecule has 7 nitrogen and oxygen atoms in total. The number of benzene rings is 2. The van der Waals surface area contributed by atoms with Crippen molar-refractivity contribution in [2.24, 2.45) is 0 Å². The minimum Gasteiger partial charge on any atom is -0.496 e. The van der Waals surface area contributed by atoms with Gasteiger partial charge in [0.15, 0.2) is 0 Å². The van der Waals surface area contributed by atoms with E-state index in [0.29, 0.717) is 37.2 Å². The number of para-hydroxylation sites is 1. The molecule has 1 saturated heterocycles. The van der Waals surface area contributed by atoms with Gasteiger partial charge in [0.1, 0.15) is 17.1 Å². The Kier molecular flexibility index (Phi) is 6.68. The van der Waals surface area contributed by atoms with Crippen LogP contribution in [0.2, 0.25) is 0 Å². The molecule has 4 rings (SSSR count). The number of carbonyl (C=O) groups is 1. The number of methoxy groups -OCH3 is 1. The Morgan fingerprint density at radius 2 is 1.91 bits per heavy atom. The fraction of sp³-hybridized carbons (Fsp3) is 0.480. The van der Waals surface area contributed by atoms with Gasteiger partial charge < -0.3 is 14.8 Å². The van der Waals surface area contributed by atoms with Crippen molar-refractivity contribution in [3.8, 4) is 11.5 Å². The SMILES string of the molecule is COc1ccc(S(=O)(=O)N2CCCC2)cc1CCC(=O)N[C@@H]1CC(C)(C)Oc2ccccc21. The molecular formula is C25H32N2O5S. The molecule has 2 aliphatic rings. The summed E-state index contributed by atoms with van der Waals surface area (Å²) in [7, 11) is -1.98. The van der Waals surface area contributed by atoms with E-state index in [0.717, 1.165) is 24.2 Å². The van der Waals surface area contributed by atoms with Gasteiger partial charge in [-0.05, 0) is 62.9 Å². The molecule has 1 fully saturated rings. The van der Waals surface area contributed by atoms with Crippen LogP contribution in [-0.2, 0) is 21.2 Å². The number of amides is 1. The van der Waals surface area contributed by atoms with Crippen molar-refractivity contribution >= 4 is 15.9 Å². The summed E-state index contributed by atoms with van der Waals surface area (Å²) in [5.74, 6) is 1.28. The Labute approximate surface area is 196 Å². The van der Waals surface area contributed by atoms with Gasteiger partial charge in [-0.25, -0.2) is 8.42 Å². The number of ether oxygens (including phenoxy) is 2. The van der Waals surface area contributed by atoms with Crippen LogP contribution < -0.4 is 14.8 Å². The molecule has 0 radical (unpaired) electrons. The number of aryl methyl sites for hydroxylation is 1. The van der Waals surface area contributed by atoms with Crippen molar-refractivity contribution in [1.82, 2.24) is 9.62 Å². The van der Waals surface area contributed by atoms with Crippen molar-refractivity contribution in [3.05, 3.63) is 53.6 Å². The quantitative estimate of drug-likeness (QED) is 0.662. The maximum absolute atomic E-state index is 13.0. The molecule has 2 heterocycles. The number of carbonyl (C=O) groups excluding carboxylic acids is 1. The van der Waals surface area contributed by atoms with Crippen LogP contribution in [0.4, 0.5) is 0 Å². The van der Waals surface area contributed by atoms with Gasteiger partial charge in [-0.2, -0.15) is 4.31 Å². The number of hydrogen-bond acceptors (Lipinski definition) is 5. The molecule has 178 valence electrons. The highest BCUT2D eigenvalue weighted by Crippen LogP contribution is 2.39. The summed E-state index contributed by atoms with van der Waals surface area (Å²) in [6.45, 7) is 5.13. The molecule has 1 atom stereocenters. The lowest BCUT2D eigenvalue weighted by Gasteiger charge is -2.37. The average molecular weight is 473 g/mol. The molecular weight excluding hydrogens is 440 g/mol. The summed E-state index contributed by atoms with van der Waals surface area (Å²) in [4.78, 5) is 13.1. The van der Waals surface area contributed by atoms with Crippen molar-refractivity contribution in [3.63, 3.8) is 0 Å². The average Bonchev–Trinajstić information content (AvgIpc) is 3.32. The zero-order valence-electron chi connectivity index (χ0n) is 19.5. The molecule has 2 aromatic carbocycles. The molecule has 2 aromatic rings. The van der Waals surface area contributed by atoms with Gasteiger partial charge in [-0.3, -0.25) is 4.79 Å². The molecule has 1 N–H and O–H groups in total. The van der Waals surface area contributed by atoms with E-state index in [9.17, 15) is 13.2 Å². The molecule has 0 bridgehead atoms. The largest absolute Gasteiger partial charge is 0.496 e. The van der Waals surface area contributed by atoms with Gasteiger partial charge >= 0.3 is 0 Å². The molecule has 0 aliphatic carbocycles. The highest BCUT2D eigenvalue weighted by Gasteiger charge is 2.34. The number of hydrogen-bond donors (Lipinski definition) is 1. The Morgan fingerprint density at radius 1 is 1.18 bits per heavy atom. The van der Waals surface area contributed by atoms with Gasteiger partial charge in [0.05, 0.1) is 18.0 Å². The fourth-order valence-corrected chi connectivity index (χ4v) is 6.20. The van der Waals surface area contributed by atoms with Crippen LogP contribution in [0.25, 0.3) is 0 Å². The summed E-state index contributed by atoms with van der Waals surface area (Å²) >= 11 is 0. The van der Waals surface area contributed by atoms with Crippen molar-refractivity contribution in [2.45, 2.75) is 62.5 Å². The standard InChI is InChI=1S/C25H32N2O5S/c1-25(2)17-21(20-8-4-5-9-23(20)32-25)26-24(28)13-10-18-16-19(11-12-22(18)31-3)33(29,30)27-14-6-7-15-27/h4-5,8-9,11-12,16,21H,6-7,10,13-15,17H2,1-3H3,(H,26,28)/t21-/m1/s1. The second-order valence-corrected chi connectivity index (χ2v) is 11.2. The summed E-state index contributed by atoms with van der Waals surface area (Å²) in [6, 6.07) is 12.5. The first-order valence-electron chi connectivity index (χ1n) is 11.4. The lowest BCUT2D eigenvalue weighted by Crippen LogP contribution is -2.41. The Balaban J connectivity index is 1.47. The second-order valence-electron chi connectivity index (χ2n) is 9.31. The lowest BCUT2D eigenvalue weighted by atomic mass is 9.89. The van der Waals surface area contributed by atoms with Gasteiger partial charge in [-0.1, -0.05) is 18.2 Å². The topological polar surface area (TPSA) is 84.9 Å². The minimum atomic E-state index is -3.53. The van der Waals surface area contributed by atoms with E-state index in [4.69, 9.17) is 9.47 Å². The first kappa shape index (κ1) is 23.6. The molecule has 2 aliphatic heterocycles. The van der Waals surface area contributed by atoms with E-state index in [1.165, 1.54) is 4.31 Å². The predicted molar refractivity (Wildman–Crippen MR) is 126 cm³/mol. The van der Waals surface area contributed by atoms with E-state index >= 15 is 0 Å². The van der Waals surface area contributed by atoms with Gasteiger partial charge in [0, 0.05) is 31.5 Å². The summed E-state index contributed by atoms with van der Waals surface area (Å²) in [6.07, 6.45) is 3.04. The van der Waals surface area contributed by atoms with Crippen LogP contribution in [0.1, 0.15) is 56.7 Å².